The van der Waals surface area contributed by atoms with Crippen molar-refractivity contribution < 1.29 is 19.2 Å². The van der Waals surface area contributed by atoms with Gasteiger partial charge in [0.05, 0.1) is 29.4 Å². The van der Waals surface area contributed by atoms with E-state index in [1.54, 1.807) is 19.2 Å². The summed E-state index contributed by atoms with van der Waals surface area (Å²) in [4.78, 5) is 38.0. The quantitative estimate of drug-likeness (QED) is 0.316. The molecule has 0 saturated carbocycles. The van der Waals surface area contributed by atoms with Crippen molar-refractivity contribution in [1.82, 2.24) is 4.98 Å². The maximum Gasteiger partial charge on any atom is 0.311 e. The summed E-state index contributed by atoms with van der Waals surface area (Å²) in [5.41, 5.74) is 1.74. The molecule has 10 heteroatoms. The van der Waals surface area contributed by atoms with E-state index in [1.807, 2.05) is 0 Å². The number of carbonyl (C=O) groups excluding carboxylic acids is 2. The topological polar surface area (TPSA) is 111 Å². The fraction of sp³-hybridized carbons (Fsp3) is 0.312. The zero-order chi connectivity index (χ0) is 19.1. The van der Waals surface area contributed by atoms with Gasteiger partial charge in [-0.15, -0.1) is 11.3 Å². The summed E-state index contributed by atoms with van der Waals surface area (Å²) >= 11 is 2.61. The van der Waals surface area contributed by atoms with E-state index < -0.39 is 4.92 Å². The van der Waals surface area contributed by atoms with Crippen LogP contribution in [0, 0.1) is 17.0 Å². The Balaban J connectivity index is 1.86. The average molecular weight is 395 g/mol. The first-order chi connectivity index (χ1) is 12.4. The Morgan fingerprint density at radius 1 is 1.42 bits per heavy atom. The number of non-ortho nitro benzene ring substituents is 1. The highest BCUT2D eigenvalue weighted by Crippen LogP contribution is 2.24. The molecule has 0 aliphatic rings. The summed E-state index contributed by atoms with van der Waals surface area (Å²) in [5, 5.41) is 15.2. The minimum atomic E-state index is -0.481. The minimum Gasteiger partial charge on any atom is -0.466 e. The van der Waals surface area contributed by atoms with Crippen molar-refractivity contribution in [2.45, 2.75) is 24.6 Å². The van der Waals surface area contributed by atoms with Gasteiger partial charge in [0.15, 0.2) is 4.34 Å². The maximum absolute atomic E-state index is 12.1. The number of hydrogen-bond acceptors (Lipinski definition) is 8. The van der Waals surface area contributed by atoms with Crippen molar-refractivity contribution >= 4 is 46.3 Å². The number of hydrogen-bond donors (Lipinski definition) is 1. The number of aromatic nitrogens is 1. The summed E-state index contributed by atoms with van der Waals surface area (Å²) in [6.45, 7) is 3.76. The second-order valence-corrected chi connectivity index (χ2v) is 7.26. The lowest BCUT2D eigenvalue weighted by atomic mass is 10.2. The first-order valence-corrected chi connectivity index (χ1v) is 9.53. The second-order valence-electron chi connectivity index (χ2n) is 5.18. The number of thiazole rings is 1. The smallest absolute Gasteiger partial charge is 0.311 e. The molecule has 2 rings (SSSR count). The summed E-state index contributed by atoms with van der Waals surface area (Å²) in [7, 11) is 0. The Morgan fingerprint density at radius 2 is 2.19 bits per heavy atom. The number of nitrogens with zero attached hydrogens (tertiary/aromatic N) is 2. The molecule has 1 heterocycles. The molecule has 0 aliphatic heterocycles. The molecule has 0 spiro atoms. The monoisotopic (exact) mass is 395 g/mol. The predicted molar refractivity (Wildman–Crippen MR) is 99.6 cm³/mol. The molecule has 0 unspecified atom stereocenters. The molecular formula is C16H17N3O5S2. The van der Waals surface area contributed by atoms with Gasteiger partial charge in [0.25, 0.3) is 5.69 Å². The number of nitro groups is 1. The molecule has 2 aromatic rings. The standard InChI is InChI=1S/C16H17N3O5S2/c1-3-24-15(21)7-11-8-25-16(17-11)26-9-14(20)18-13-5-4-12(19(22)23)6-10(13)2/h4-6,8H,3,7,9H2,1-2H3,(H,18,20). The van der Waals surface area contributed by atoms with E-state index in [2.05, 4.69) is 10.3 Å². The first-order valence-electron chi connectivity index (χ1n) is 7.66. The zero-order valence-electron chi connectivity index (χ0n) is 14.2. The predicted octanol–water partition coefficient (Wildman–Crippen LogP) is 3.20. The maximum atomic E-state index is 12.1. The van der Waals surface area contributed by atoms with E-state index in [0.29, 0.717) is 27.9 Å². The molecule has 8 nitrogen and oxygen atoms in total. The summed E-state index contributed by atoms with van der Waals surface area (Å²) in [6, 6.07) is 4.26. The van der Waals surface area contributed by atoms with Gasteiger partial charge in [-0.3, -0.25) is 19.7 Å². The van der Waals surface area contributed by atoms with E-state index in [0.717, 1.165) is 0 Å². The van der Waals surface area contributed by atoms with Gasteiger partial charge in [-0.05, 0) is 25.5 Å². The number of carbonyl (C=O) groups is 2. The number of esters is 1. The van der Waals surface area contributed by atoms with Crippen LogP contribution in [0.25, 0.3) is 0 Å². The number of ether oxygens (including phenoxy) is 1. The average Bonchev–Trinajstić information content (AvgIpc) is 3.02. The van der Waals surface area contributed by atoms with Crippen molar-refractivity contribution in [2.24, 2.45) is 0 Å². The molecule has 0 radical (unpaired) electrons. The number of benzene rings is 1. The summed E-state index contributed by atoms with van der Waals surface area (Å²) in [6.07, 6.45) is 0.110. The van der Waals surface area contributed by atoms with Gasteiger partial charge in [0.2, 0.25) is 5.91 Å². The van der Waals surface area contributed by atoms with E-state index in [1.165, 1.54) is 41.3 Å². The lowest BCUT2D eigenvalue weighted by Gasteiger charge is -2.07. The fourth-order valence-electron chi connectivity index (χ4n) is 2.01. The van der Waals surface area contributed by atoms with Gasteiger partial charge in [-0.2, -0.15) is 0 Å². The van der Waals surface area contributed by atoms with Crippen molar-refractivity contribution in [3.05, 3.63) is 45.0 Å². The van der Waals surface area contributed by atoms with Crippen LogP contribution in [0.1, 0.15) is 18.2 Å². The number of nitrogens with one attached hydrogen (secondary N) is 1. The van der Waals surface area contributed by atoms with Gasteiger partial charge < -0.3 is 10.1 Å². The molecule has 1 amide bonds. The van der Waals surface area contributed by atoms with Crippen LogP contribution in [-0.2, 0) is 20.7 Å². The van der Waals surface area contributed by atoms with Crippen molar-refractivity contribution in [3.63, 3.8) is 0 Å². The van der Waals surface area contributed by atoms with Crippen LogP contribution < -0.4 is 5.32 Å². The lowest BCUT2D eigenvalue weighted by molar-refractivity contribution is -0.384. The summed E-state index contributed by atoms with van der Waals surface area (Å²) in [5.74, 6) is -0.433. The molecule has 1 aromatic heterocycles. The third-order valence-electron chi connectivity index (χ3n) is 3.18. The van der Waals surface area contributed by atoms with E-state index in [4.69, 9.17) is 4.74 Å². The molecule has 0 bridgehead atoms. The number of amides is 1. The Morgan fingerprint density at radius 3 is 2.85 bits per heavy atom. The number of thioether (sulfide) groups is 1. The van der Waals surface area contributed by atoms with Crippen LogP contribution in [0.15, 0.2) is 27.9 Å². The van der Waals surface area contributed by atoms with Crippen molar-refractivity contribution in [1.29, 1.82) is 0 Å². The number of nitro benzene ring substituents is 1. The van der Waals surface area contributed by atoms with E-state index in [9.17, 15) is 19.7 Å². The fourth-order valence-corrected chi connectivity index (χ4v) is 3.66. The van der Waals surface area contributed by atoms with Crippen LogP contribution in [0.3, 0.4) is 0 Å². The lowest BCUT2D eigenvalue weighted by Crippen LogP contribution is -2.14. The molecule has 0 aliphatic carbocycles. The molecule has 0 fully saturated rings. The highest BCUT2D eigenvalue weighted by molar-refractivity contribution is 8.01. The van der Waals surface area contributed by atoms with Crippen molar-refractivity contribution in [2.75, 3.05) is 17.7 Å². The molecule has 1 aromatic carbocycles. The largest absolute Gasteiger partial charge is 0.466 e. The Kier molecular flexibility index (Phi) is 7.10. The highest BCUT2D eigenvalue weighted by atomic mass is 32.2. The normalized spacial score (nSPS) is 10.4. The SMILES string of the molecule is CCOC(=O)Cc1csc(SCC(=O)Nc2ccc([N+](=O)[O-])cc2C)n1. The van der Waals surface area contributed by atoms with E-state index in [-0.39, 0.29) is 29.7 Å². The molecule has 26 heavy (non-hydrogen) atoms. The molecule has 138 valence electrons. The van der Waals surface area contributed by atoms with E-state index >= 15 is 0 Å². The Bertz CT molecular complexity index is 822. The number of aryl methyl sites for hydroxylation is 1. The Hall–Kier alpha value is -2.46. The molecule has 0 atom stereocenters. The van der Waals surface area contributed by atoms with Crippen LogP contribution in [0.5, 0.6) is 0 Å². The molecule has 1 N–H and O–H groups in total. The van der Waals surface area contributed by atoms with Gasteiger partial charge in [-0.25, -0.2) is 4.98 Å². The molecular weight excluding hydrogens is 378 g/mol. The van der Waals surface area contributed by atoms with Crippen LogP contribution in [0.4, 0.5) is 11.4 Å². The third-order valence-corrected chi connectivity index (χ3v) is 5.25. The van der Waals surface area contributed by atoms with Gasteiger partial charge in [0.1, 0.15) is 0 Å². The molecule has 0 saturated heterocycles. The minimum absolute atomic E-state index is 0.0215. The van der Waals surface area contributed by atoms with Gasteiger partial charge in [0, 0.05) is 23.2 Å². The van der Waals surface area contributed by atoms with Crippen LogP contribution in [-0.4, -0.2) is 34.1 Å². The van der Waals surface area contributed by atoms with Crippen LogP contribution in [0.2, 0.25) is 0 Å². The number of anilines is 1. The zero-order valence-corrected chi connectivity index (χ0v) is 15.8. The van der Waals surface area contributed by atoms with Gasteiger partial charge >= 0.3 is 5.97 Å². The summed E-state index contributed by atoms with van der Waals surface area (Å²) < 4.78 is 5.55. The van der Waals surface area contributed by atoms with Crippen molar-refractivity contribution in [3.8, 4) is 0 Å². The third kappa shape index (κ3) is 5.81. The van der Waals surface area contributed by atoms with Gasteiger partial charge in [-0.1, -0.05) is 11.8 Å². The highest BCUT2D eigenvalue weighted by Gasteiger charge is 2.12. The first kappa shape index (κ1) is 19.9. The second kappa shape index (κ2) is 9.30. The Labute approximate surface area is 158 Å². The van der Waals surface area contributed by atoms with Crippen LogP contribution >= 0.6 is 23.1 Å². The number of rotatable bonds is 8.